The molecule has 0 aliphatic rings. The van der Waals surface area contributed by atoms with Gasteiger partial charge in [0.25, 0.3) is 0 Å². The zero-order chi connectivity index (χ0) is 21.8. The lowest BCUT2D eigenvalue weighted by Crippen LogP contribution is -2.30. The number of amides is 1. The van der Waals surface area contributed by atoms with Crippen LogP contribution in [0.4, 0.5) is 9.52 Å². The molecule has 1 amide bonds. The van der Waals surface area contributed by atoms with Crippen LogP contribution in [-0.4, -0.2) is 21.6 Å². The molecule has 4 nitrogen and oxygen atoms in total. The Bertz CT molecular complexity index is 1190. The third kappa shape index (κ3) is 5.29. The normalized spacial score (nSPS) is 11.1. The summed E-state index contributed by atoms with van der Waals surface area (Å²) in [7, 11) is 0. The lowest BCUT2D eigenvalue weighted by atomic mass is 10.1. The van der Waals surface area contributed by atoms with Gasteiger partial charge in [-0.2, -0.15) is 0 Å². The van der Waals surface area contributed by atoms with Crippen molar-refractivity contribution >= 4 is 44.4 Å². The number of hydrogen-bond donors (Lipinski definition) is 0. The Morgan fingerprint density at radius 2 is 1.94 bits per heavy atom. The molecule has 0 saturated carbocycles. The van der Waals surface area contributed by atoms with Gasteiger partial charge in [0.15, 0.2) is 5.13 Å². The van der Waals surface area contributed by atoms with Crippen molar-refractivity contribution in [2.75, 3.05) is 10.7 Å². The number of thiazole rings is 1. The second kappa shape index (κ2) is 9.58. The van der Waals surface area contributed by atoms with E-state index >= 15 is 0 Å². The van der Waals surface area contributed by atoms with Gasteiger partial charge in [0, 0.05) is 23.3 Å². The Morgan fingerprint density at radius 1 is 1.13 bits per heavy atom. The Hall–Kier alpha value is -2.77. The second-order valence-electron chi connectivity index (χ2n) is 7.28. The van der Waals surface area contributed by atoms with E-state index < -0.39 is 0 Å². The number of aryl methyl sites for hydroxylation is 2. The van der Waals surface area contributed by atoms with Crippen LogP contribution in [0.2, 0.25) is 0 Å². The highest BCUT2D eigenvalue weighted by molar-refractivity contribution is 7.99. The van der Waals surface area contributed by atoms with Gasteiger partial charge < -0.3 is 0 Å². The highest BCUT2D eigenvalue weighted by Gasteiger charge is 2.21. The maximum Gasteiger partial charge on any atom is 0.229 e. The predicted octanol–water partition coefficient (Wildman–Crippen LogP) is 6.16. The summed E-state index contributed by atoms with van der Waals surface area (Å²) in [4.78, 5) is 25.1. The summed E-state index contributed by atoms with van der Waals surface area (Å²) in [5.41, 5.74) is 4.03. The highest BCUT2D eigenvalue weighted by Crippen LogP contribution is 2.33. The largest absolute Gasteiger partial charge is 0.282 e. The number of carbonyl (C=O) groups excluding carboxylic acids is 1. The molecule has 31 heavy (non-hydrogen) atoms. The van der Waals surface area contributed by atoms with E-state index in [2.05, 4.69) is 24.0 Å². The van der Waals surface area contributed by atoms with Gasteiger partial charge in [0.05, 0.1) is 22.5 Å². The Kier molecular flexibility index (Phi) is 6.63. The minimum atomic E-state index is -0.261. The van der Waals surface area contributed by atoms with E-state index in [1.165, 1.54) is 40.8 Å². The molecule has 0 atom stereocenters. The van der Waals surface area contributed by atoms with E-state index in [0.717, 1.165) is 26.4 Å². The summed E-state index contributed by atoms with van der Waals surface area (Å²) >= 11 is 3.07. The molecule has 4 rings (SSSR count). The van der Waals surface area contributed by atoms with Crippen LogP contribution in [0.1, 0.15) is 23.2 Å². The van der Waals surface area contributed by atoms with E-state index in [-0.39, 0.29) is 11.7 Å². The van der Waals surface area contributed by atoms with E-state index in [0.29, 0.717) is 23.8 Å². The quantitative estimate of drug-likeness (QED) is 0.316. The van der Waals surface area contributed by atoms with Crippen molar-refractivity contribution in [3.8, 4) is 0 Å². The molecule has 0 fully saturated rings. The molecule has 0 N–H and O–H groups in total. The van der Waals surface area contributed by atoms with Crippen LogP contribution in [-0.2, 0) is 11.3 Å². The fraction of sp³-hybridized carbons (Fsp3) is 0.208. The molecule has 4 aromatic rings. The first-order chi connectivity index (χ1) is 15.0. The van der Waals surface area contributed by atoms with Crippen molar-refractivity contribution in [3.63, 3.8) is 0 Å². The van der Waals surface area contributed by atoms with Crippen LogP contribution in [0, 0.1) is 19.7 Å². The number of anilines is 1. The van der Waals surface area contributed by atoms with Gasteiger partial charge in [-0.25, -0.2) is 9.37 Å². The molecule has 0 bridgehead atoms. The van der Waals surface area contributed by atoms with E-state index in [1.54, 1.807) is 23.2 Å². The van der Waals surface area contributed by atoms with Gasteiger partial charge in [0.1, 0.15) is 5.82 Å². The topological polar surface area (TPSA) is 46.1 Å². The summed E-state index contributed by atoms with van der Waals surface area (Å²) in [6.07, 6.45) is 2.08. The van der Waals surface area contributed by atoms with Crippen LogP contribution in [0.5, 0.6) is 0 Å². The molecule has 0 aliphatic carbocycles. The van der Waals surface area contributed by atoms with Crippen LogP contribution in [0.3, 0.4) is 0 Å². The van der Waals surface area contributed by atoms with Crippen LogP contribution in [0.25, 0.3) is 10.2 Å². The van der Waals surface area contributed by atoms with Crippen LogP contribution in [0.15, 0.2) is 65.7 Å². The zero-order valence-corrected chi connectivity index (χ0v) is 19.0. The second-order valence-corrected chi connectivity index (χ2v) is 9.46. The third-order valence-electron chi connectivity index (χ3n) is 4.80. The maximum atomic E-state index is 13.2. The number of carbonyl (C=O) groups is 1. The average Bonchev–Trinajstić information content (AvgIpc) is 3.18. The van der Waals surface area contributed by atoms with Gasteiger partial charge in [-0.1, -0.05) is 23.5 Å². The monoisotopic (exact) mass is 451 g/mol. The van der Waals surface area contributed by atoms with Crippen molar-refractivity contribution < 1.29 is 9.18 Å². The average molecular weight is 452 g/mol. The van der Waals surface area contributed by atoms with Crippen molar-refractivity contribution in [2.45, 2.75) is 31.7 Å². The lowest BCUT2D eigenvalue weighted by molar-refractivity contribution is -0.118. The number of thioether (sulfide) groups is 1. The molecular weight excluding hydrogens is 429 g/mol. The molecule has 2 heterocycles. The zero-order valence-electron chi connectivity index (χ0n) is 17.3. The molecule has 0 unspecified atom stereocenters. The van der Waals surface area contributed by atoms with Crippen LogP contribution < -0.4 is 4.90 Å². The molecule has 7 heteroatoms. The first-order valence-electron chi connectivity index (χ1n) is 9.96. The summed E-state index contributed by atoms with van der Waals surface area (Å²) < 4.78 is 14.2. The first kappa shape index (κ1) is 21.5. The van der Waals surface area contributed by atoms with Gasteiger partial charge in [-0.15, -0.1) is 11.8 Å². The predicted molar refractivity (Wildman–Crippen MR) is 126 cm³/mol. The smallest absolute Gasteiger partial charge is 0.229 e. The number of benzene rings is 2. The fourth-order valence-electron chi connectivity index (χ4n) is 3.31. The minimum Gasteiger partial charge on any atom is -0.282 e. The summed E-state index contributed by atoms with van der Waals surface area (Å²) in [6, 6.07) is 16.2. The molecule has 158 valence electrons. The number of rotatable bonds is 7. The number of fused-ring (bicyclic) bond motifs is 1. The Labute approximate surface area is 189 Å². The van der Waals surface area contributed by atoms with E-state index in [4.69, 9.17) is 4.98 Å². The van der Waals surface area contributed by atoms with Crippen molar-refractivity contribution in [1.82, 2.24) is 9.97 Å². The molecule has 2 aromatic carbocycles. The van der Waals surface area contributed by atoms with E-state index in [9.17, 15) is 9.18 Å². The van der Waals surface area contributed by atoms with Crippen LogP contribution >= 0.6 is 23.1 Å². The minimum absolute atomic E-state index is 0.00584. The maximum absolute atomic E-state index is 13.2. The number of halogens is 1. The molecule has 0 aliphatic heterocycles. The van der Waals surface area contributed by atoms with Crippen molar-refractivity contribution in [2.24, 2.45) is 0 Å². The number of nitrogens with zero attached hydrogens (tertiary/aromatic N) is 3. The number of hydrogen-bond acceptors (Lipinski definition) is 5. The van der Waals surface area contributed by atoms with Gasteiger partial charge in [-0.05, 0) is 67.4 Å². The summed E-state index contributed by atoms with van der Waals surface area (Å²) in [6.45, 7) is 4.48. The Balaban J connectivity index is 1.55. The molecule has 2 aromatic heterocycles. The van der Waals surface area contributed by atoms with Gasteiger partial charge >= 0.3 is 0 Å². The lowest BCUT2D eigenvalue weighted by Gasteiger charge is -2.19. The van der Waals surface area contributed by atoms with Crippen molar-refractivity contribution in [1.29, 1.82) is 0 Å². The highest BCUT2D eigenvalue weighted by atomic mass is 32.2. The summed E-state index contributed by atoms with van der Waals surface area (Å²) in [5, 5.41) is 0.686. The SMILES string of the molecule is Cc1cc(C)c2nc(N(Cc3ccccn3)C(=O)CCSc3ccc(F)cc3)sc2c1. The van der Waals surface area contributed by atoms with Gasteiger partial charge in [-0.3, -0.25) is 14.7 Å². The number of aromatic nitrogens is 2. The van der Waals surface area contributed by atoms with Crippen molar-refractivity contribution in [3.05, 3.63) is 83.4 Å². The molecule has 0 saturated heterocycles. The first-order valence-corrected chi connectivity index (χ1v) is 11.8. The fourth-order valence-corrected chi connectivity index (χ4v) is 5.31. The number of pyridine rings is 1. The third-order valence-corrected chi connectivity index (χ3v) is 6.83. The molecule has 0 radical (unpaired) electrons. The standard InChI is InChI=1S/C24H22FN3OS2/c1-16-13-17(2)23-21(14-16)31-24(27-23)28(15-19-5-3-4-11-26-19)22(29)10-12-30-20-8-6-18(25)7-9-20/h3-9,11,13-14H,10,12,15H2,1-2H3. The Morgan fingerprint density at radius 3 is 2.68 bits per heavy atom. The molecule has 0 spiro atoms. The molecular formula is C24H22FN3OS2. The van der Waals surface area contributed by atoms with Gasteiger partial charge in [0.2, 0.25) is 5.91 Å². The summed E-state index contributed by atoms with van der Waals surface area (Å²) in [5.74, 6) is 0.337. The van der Waals surface area contributed by atoms with E-state index in [1.807, 2.05) is 25.1 Å².